The van der Waals surface area contributed by atoms with Crippen LogP contribution in [0.25, 0.3) is 100 Å². The van der Waals surface area contributed by atoms with Crippen LogP contribution in [0, 0.1) is 0 Å². The lowest BCUT2D eigenvalue weighted by atomic mass is 9.90. The molecule has 4 nitrogen and oxygen atoms in total. The molecule has 0 radical (unpaired) electrons. The van der Waals surface area contributed by atoms with E-state index in [9.17, 15) is 0 Å². The summed E-state index contributed by atoms with van der Waals surface area (Å²) in [6.07, 6.45) is 0. The third-order valence-corrected chi connectivity index (χ3v) is 10.9. The molecule has 0 atom stereocenters. The number of rotatable bonds is 6. The van der Waals surface area contributed by atoms with Gasteiger partial charge in [0, 0.05) is 60.7 Å². The zero-order chi connectivity index (χ0) is 37.0. The summed E-state index contributed by atoms with van der Waals surface area (Å²) in [5, 5.41) is 4.78. The Kier molecular flexibility index (Phi) is 7.46. The Morgan fingerprint density at radius 2 is 0.875 bits per heavy atom. The quantitative estimate of drug-likeness (QED) is 0.172. The highest BCUT2D eigenvalue weighted by molar-refractivity contribution is 6.23. The van der Waals surface area contributed by atoms with Crippen molar-refractivity contribution in [1.29, 1.82) is 0 Å². The van der Waals surface area contributed by atoms with Gasteiger partial charge >= 0.3 is 0 Å². The van der Waals surface area contributed by atoms with E-state index < -0.39 is 0 Å². The van der Waals surface area contributed by atoms with Crippen LogP contribution in [0.3, 0.4) is 0 Å². The second kappa shape index (κ2) is 13.1. The molecule has 0 aliphatic heterocycles. The normalized spacial score (nSPS) is 11.6. The first-order chi connectivity index (χ1) is 27.8. The van der Waals surface area contributed by atoms with E-state index in [2.05, 4.69) is 191 Å². The fraction of sp³-hybridized carbons (Fsp3) is 0. The van der Waals surface area contributed by atoms with Gasteiger partial charge in [-0.3, -0.25) is 0 Å². The Balaban J connectivity index is 1.33. The first kappa shape index (κ1) is 31.9. The van der Waals surface area contributed by atoms with Gasteiger partial charge in [0.25, 0.3) is 0 Å². The van der Waals surface area contributed by atoms with Crippen molar-refractivity contribution in [3.8, 4) is 56.4 Å². The molecular formula is C52H34N4. The summed E-state index contributed by atoms with van der Waals surface area (Å²) in [6, 6.07) is 73.2. The lowest BCUT2D eigenvalue weighted by Gasteiger charge is -2.17. The minimum Gasteiger partial charge on any atom is -0.309 e. The molecule has 0 saturated heterocycles. The topological polar surface area (TPSA) is 35.6 Å². The van der Waals surface area contributed by atoms with Crippen molar-refractivity contribution < 1.29 is 0 Å². The molecule has 0 aliphatic carbocycles. The fourth-order valence-corrected chi connectivity index (χ4v) is 8.53. The minimum atomic E-state index is 0.691. The molecule has 3 aromatic heterocycles. The molecule has 0 bridgehead atoms. The summed E-state index contributed by atoms with van der Waals surface area (Å²) in [6.45, 7) is 0. The number of hydrogen-bond donors (Lipinski definition) is 0. The van der Waals surface area contributed by atoms with Crippen LogP contribution in [0.4, 0.5) is 0 Å². The number of nitrogens with zero attached hydrogens (tertiary/aromatic N) is 4. The predicted molar refractivity (Wildman–Crippen MR) is 232 cm³/mol. The first-order valence-corrected chi connectivity index (χ1v) is 19.0. The molecular weight excluding hydrogens is 681 g/mol. The van der Waals surface area contributed by atoms with Crippen molar-refractivity contribution in [2.24, 2.45) is 0 Å². The lowest BCUT2D eigenvalue weighted by molar-refractivity contribution is 1.17. The monoisotopic (exact) mass is 714 g/mol. The third-order valence-electron chi connectivity index (χ3n) is 10.9. The molecule has 262 valence electrons. The van der Waals surface area contributed by atoms with Crippen LogP contribution < -0.4 is 0 Å². The van der Waals surface area contributed by atoms with Gasteiger partial charge in [-0.15, -0.1) is 0 Å². The van der Waals surface area contributed by atoms with E-state index in [0.717, 1.165) is 67.1 Å². The van der Waals surface area contributed by atoms with E-state index in [1.807, 2.05) is 24.3 Å². The molecule has 0 fully saturated rings. The fourth-order valence-electron chi connectivity index (χ4n) is 8.53. The Labute approximate surface area is 324 Å². The molecule has 0 amide bonds. The molecule has 0 N–H and O–H groups in total. The number of aromatic nitrogens is 4. The summed E-state index contributed by atoms with van der Waals surface area (Å²) in [7, 11) is 0. The van der Waals surface area contributed by atoms with Crippen LogP contribution in [-0.4, -0.2) is 19.1 Å². The Bertz CT molecular complexity index is 3160. The number of hydrogen-bond acceptors (Lipinski definition) is 2. The van der Waals surface area contributed by atoms with Gasteiger partial charge in [-0.05, 0) is 48.5 Å². The zero-order valence-corrected chi connectivity index (χ0v) is 30.4. The highest BCUT2D eigenvalue weighted by atomic mass is 15.0. The maximum Gasteiger partial charge on any atom is 0.160 e. The van der Waals surface area contributed by atoms with E-state index in [-0.39, 0.29) is 0 Å². The summed E-state index contributed by atoms with van der Waals surface area (Å²) < 4.78 is 4.83. The molecule has 56 heavy (non-hydrogen) atoms. The Hall–Kier alpha value is -7.56. The van der Waals surface area contributed by atoms with Crippen molar-refractivity contribution >= 4 is 43.6 Å². The molecule has 4 heteroatoms. The standard InChI is InChI=1S/C52H34N4/c1-5-18-35(19-6-1)44-34-45(54-52(53-44)36-20-7-2-8-21-36)41-32-33-48-50(42-27-14-16-31-47(42)55(48)37-22-9-3-10-23-37)49(41)43-29-17-28-40-39-26-13-15-30-46(39)56(51(40)43)38-24-11-4-12-25-38/h1-34H. The highest BCUT2D eigenvalue weighted by Crippen LogP contribution is 2.47. The van der Waals surface area contributed by atoms with E-state index in [4.69, 9.17) is 9.97 Å². The largest absolute Gasteiger partial charge is 0.309 e. The molecule has 0 spiro atoms. The zero-order valence-electron chi connectivity index (χ0n) is 30.4. The van der Waals surface area contributed by atoms with Crippen molar-refractivity contribution in [1.82, 2.24) is 19.1 Å². The van der Waals surface area contributed by atoms with E-state index in [1.165, 1.54) is 27.1 Å². The highest BCUT2D eigenvalue weighted by Gasteiger charge is 2.25. The van der Waals surface area contributed by atoms with Gasteiger partial charge in [-0.2, -0.15) is 0 Å². The Morgan fingerprint density at radius 3 is 1.57 bits per heavy atom. The van der Waals surface area contributed by atoms with Crippen LogP contribution in [-0.2, 0) is 0 Å². The van der Waals surface area contributed by atoms with Gasteiger partial charge in [0.05, 0.1) is 33.5 Å². The van der Waals surface area contributed by atoms with Crippen molar-refractivity contribution in [2.75, 3.05) is 0 Å². The molecule has 11 aromatic rings. The van der Waals surface area contributed by atoms with Crippen molar-refractivity contribution in [3.63, 3.8) is 0 Å². The summed E-state index contributed by atoms with van der Waals surface area (Å²) in [5.74, 6) is 0.691. The SMILES string of the molecule is c1ccc(-c2cc(-c3ccc4c(c3-c3cccc5c6ccccc6n(-c6ccccc6)c35)c3ccccc3n4-c3ccccc3)nc(-c3ccccc3)n2)cc1. The number of fused-ring (bicyclic) bond motifs is 6. The summed E-state index contributed by atoms with van der Waals surface area (Å²) in [4.78, 5) is 10.6. The van der Waals surface area contributed by atoms with Gasteiger partial charge in [0.15, 0.2) is 5.82 Å². The lowest BCUT2D eigenvalue weighted by Crippen LogP contribution is -1.99. The molecule has 8 aromatic carbocycles. The maximum atomic E-state index is 5.42. The van der Waals surface area contributed by atoms with E-state index in [1.54, 1.807) is 0 Å². The van der Waals surface area contributed by atoms with Crippen LogP contribution in [0.15, 0.2) is 206 Å². The van der Waals surface area contributed by atoms with Crippen molar-refractivity contribution in [3.05, 3.63) is 206 Å². The van der Waals surface area contributed by atoms with Gasteiger partial charge in [0.2, 0.25) is 0 Å². The van der Waals surface area contributed by atoms with E-state index >= 15 is 0 Å². The van der Waals surface area contributed by atoms with Crippen LogP contribution in [0.2, 0.25) is 0 Å². The molecule has 0 unspecified atom stereocenters. The van der Waals surface area contributed by atoms with Gasteiger partial charge < -0.3 is 9.13 Å². The van der Waals surface area contributed by atoms with Gasteiger partial charge in [-0.25, -0.2) is 9.97 Å². The number of benzene rings is 8. The van der Waals surface area contributed by atoms with Crippen LogP contribution in [0.1, 0.15) is 0 Å². The predicted octanol–water partition coefficient (Wildman–Crippen LogP) is 13.3. The second-order valence-electron chi connectivity index (χ2n) is 14.2. The average Bonchev–Trinajstić information content (AvgIpc) is 3.80. The third kappa shape index (κ3) is 5.08. The molecule has 0 saturated carbocycles. The number of para-hydroxylation sites is 5. The van der Waals surface area contributed by atoms with Crippen LogP contribution in [0.5, 0.6) is 0 Å². The summed E-state index contributed by atoms with van der Waals surface area (Å²) in [5.41, 5.74) is 13.9. The Morgan fingerprint density at radius 1 is 0.339 bits per heavy atom. The molecule has 11 rings (SSSR count). The van der Waals surface area contributed by atoms with Crippen LogP contribution >= 0.6 is 0 Å². The minimum absolute atomic E-state index is 0.691. The molecule has 0 aliphatic rings. The van der Waals surface area contributed by atoms with Gasteiger partial charge in [-0.1, -0.05) is 158 Å². The smallest absolute Gasteiger partial charge is 0.160 e. The average molecular weight is 715 g/mol. The maximum absolute atomic E-state index is 5.42. The first-order valence-electron chi connectivity index (χ1n) is 19.0. The second-order valence-corrected chi connectivity index (χ2v) is 14.2. The summed E-state index contributed by atoms with van der Waals surface area (Å²) >= 11 is 0. The molecule has 3 heterocycles. The van der Waals surface area contributed by atoms with E-state index in [0.29, 0.717) is 5.82 Å². The van der Waals surface area contributed by atoms with Gasteiger partial charge in [0.1, 0.15) is 0 Å². The van der Waals surface area contributed by atoms with Crippen molar-refractivity contribution in [2.45, 2.75) is 0 Å².